The lowest BCUT2D eigenvalue weighted by molar-refractivity contribution is -0.115. The molecule has 0 aromatic heterocycles. The number of anilines is 1. The Hall–Kier alpha value is -0.860. The van der Waals surface area contributed by atoms with Crippen molar-refractivity contribution in [1.29, 1.82) is 0 Å². The number of hydrogen-bond acceptors (Lipinski definition) is 4. The van der Waals surface area contributed by atoms with Gasteiger partial charge < -0.3 is 10.1 Å². The Kier molecular flexibility index (Phi) is 6.05. The SMILES string of the molecule is O=C(CCS(=O)(=O)N1CCOCC1)Nc1cccc(Cl)c1Cl. The van der Waals surface area contributed by atoms with Gasteiger partial charge in [0.1, 0.15) is 0 Å². The molecule has 0 radical (unpaired) electrons. The van der Waals surface area contributed by atoms with E-state index in [2.05, 4.69) is 5.32 Å². The van der Waals surface area contributed by atoms with Crippen LogP contribution < -0.4 is 5.32 Å². The molecular weight excluding hydrogens is 351 g/mol. The monoisotopic (exact) mass is 366 g/mol. The van der Waals surface area contributed by atoms with Gasteiger partial charge in [0.25, 0.3) is 0 Å². The lowest BCUT2D eigenvalue weighted by atomic mass is 10.3. The van der Waals surface area contributed by atoms with Crippen molar-refractivity contribution < 1.29 is 17.9 Å². The molecule has 1 aliphatic rings. The van der Waals surface area contributed by atoms with Gasteiger partial charge in [0.05, 0.1) is 34.7 Å². The van der Waals surface area contributed by atoms with Crippen molar-refractivity contribution in [1.82, 2.24) is 4.31 Å². The number of nitrogens with zero attached hydrogens (tertiary/aromatic N) is 1. The highest BCUT2D eigenvalue weighted by Crippen LogP contribution is 2.29. The van der Waals surface area contributed by atoms with Gasteiger partial charge in [-0.1, -0.05) is 29.3 Å². The van der Waals surface area contributed by atoms with Crippen molar-refractivity contribution in [3.05, 3.63) is 28.2 Å². The summed E-state index contributed by atoms with van der Waals surface area (Å²) in [5, 5.41) is 3.11. The third kappa shape index (κ3) is 4.57. The second-order valence-electron chi connectivity index (χ2n) is 4.73. The molecule has 0 spiro atoms. The standard InChI is InChI=1S/C13H16Cl2N2O4S/c14-10-2-1-3-11(13(10)15)16-12(18)4-9-22(19,20)17-5-7-21-8-6-17/h1-3H,4-9H2,(H,16,18). The molecule has 0 saturated carbocycles. The van der Waals surface area contributed by atoms with Crippen LogP contribution in [0.2, 0.25) is 10.0 Å². The summed E-state index contributed by atoms with van der Waals surface area (Å²) in [5.41, 5.74) is 0.364. The average molecular weight is 367 g/mol. The van der Waals surface area contributed by atoms with Gasteiger partial charge in [0.2, 0.25) is 15.9 Å². The third-order valence-corrected chi connectivity index (χ3v) is 5.87. The van der Waals surface area contributed by atoms with Crippen LogP contribution >= 0.6 is 23.2 Å². The van der Waals surface area contributed by atoms with E-state index in [4.69, 9.17) is 27.9 Å². The Bertz CT molecular complexity index is 645. The summed E-state index contributed by atoms with van der Waals surface area (Å²) in [6.45, 7) is 1.40. The van der Waals surface area contributed by atoms with Gasteiger partial charge in [0, 0.05) is 19.5 Å². The van der Waals surface area contributed by atoms with E-state index in [1.807, 2.05) is 0 Å². The van der Waals surface area contributed by atoms with Gasteiger partial charge >= 0.3 is 0 Å². The number of morpholine rings is 1. The molecule has 0 unspecified atom stereocenters. The summed E-state index contributed by atoms with van der Waals surface area (Å²) in [4.78, 5) is 11.9. The highest BCUT2D eigenvalue weighted by atomic mass is 35.5. The number of amides is 1. The summed E-state index contributed by atoms with van der Waals surface area (Å²) in [6, 6.07) is 4.85. The van der Waals surface area contributed by atoms with Gasteiger partial charge in [0.15, 0.2) is 0 Å². The largest absolute Gasteiger partial charge is 0.379 e. The summed E-state index contributed by atoms with van der Waals surface area (Å²) < 4.78 is 30.7. The van der Waals surface area contributed by atoms with E-state index in [9.17, 15) is 13.2 Å². The maximum absolute atomic E-state index is 12.1. The maximum atomic E-state index is 12.1. The molecule has 1 aromatic carbocycles. The molecule has 1 amide bonds. The second-order valence-corrected chi connectivity index (χ2v) is 7.60. The summed E-state index contributed by atoms with van der Waals surface area (Å²) in [5.74, 6) is -0.683. The first-order chi connectivity index (χ1) is 10.4. The number of rotatable bonds is 5. The fourth-order valence-corrected chi connectivity index (χ4v) is 3.74. The molecule has 6 nitrogen and oxygen atoms in total. The number of sulfonamides is 1. The smallest absolute Gasteiger partial charge is 0.225 e. The van der Waals surface area contributed by atoms with E-state index < -0.39 is 15.9 Å². The first-order valence-electron chi connectivity index (χ1n) is 6.69. The zero-order chi connectivity index (χ0) is 16.2. The Labute approximate surface area is 139 Å². The molecule has 1 N–H and O–H groups in total. The number of carbonyl (C=O) groups excluding carboxylic acids is 1. The molecule has 0 atom stereocenters. The minimum Gasteiger partial charge on any atom is -0.379 e. The maximum Gasteiger partial charge on any atom is 0.225 e. The normalized spacial score (nSPS) is 16.5. The number of ether oxygens (including phenoxy) is 1. The van der Waals surface area contributed by atoms with Crippen LogP contribution in [0.15, 0.2) is 18.2 Å². The van der Waals surface area contributed by atoms with E-state index in [0.29, 0.717) is 37.0 Å². The summed E-state index contributed by atoms with van der Waals surface area (Å²) in [7, 11) is -3.46. The van der Waals surface area contributed by atoms with Gasteiger partial charge in [-0.25, -0.2) is 8.42 Å². The first-order valence-corrected chi connectivity index (χ1v) is 9.06. The van der Waals surface area contributed by atoms with Crippen LogP contribution in [0.25, 0.3) is 0 Å². The van der Waals surface area contributed by atoms with Crippen molar-refractivity contribution in [3.8, 4) is 0 Å². The van der Waals surface area contributed by atoms with E-state index in [1.165, 1.54) is 4.31 Å². The average Bonchev–Trinajstić information content (AvgIpc) is 2.51. The second kappa shape index (κ2) is 7.61. The summed E-state index contributed by atoms with van der Waals surface area (Å²) >= 11 is 11.8. The van der Waals surface area contributed by atoms with Gasteiger partial charge in [-0.2, -0.15) is 4.31 Å². The van der Waals surface area contributed by atoms with Crippen LogP contribution in [0.3, 0.4) is 0 Å². The molecule has 0 aliphatic carbocycles. The zero-order valence-electron chi connectivity index (χ0n) is 11.7. The van der Waals surface area contributed by atoms with Crippen LogP contribution in [0.4, 0.5) is 5.69 Å². The lowest BCUT2D eigenvalue weighted by Gasteiger charge is -2.25. The highest BCUT2D eigenvalue weighted by molar-refractivity contribution is 7.89. The van der Waals surface area contributed by atoms with Crippen molar-refractivity contribution >= 4 is 44.8 Å². The zero-order valence-corrected chi connectivity index (χ0v) is 14.0. The molecule has 22 heavy (non-hydrogen) atoms. The van der Waals surface area contributed by atoms with E-state index in [-0.39, 0.29) is 17.2 Å². The Balaban J connectivity index is 1.91. The van der Waals surface area contributed by atoms with E-state index >= 15 is 0 Å². The van der Waals surface area contributed by atoms with Crippen LogP contribution in [0.5, 0.6) is 0 Å². The van der Waals surface area contributed by atoms with Gasteiger partial charge in [-0.05, 0) is 12.1 Å². The number of halogens is 2. The van der Waals surface area contributed by atoms with Crippen LogP contribution in [0, 0.1) is 0 Å². The van der Waals surface area contributed by atoms with Crippen LogP contribution in [-0.4, -0.2) is 50.7 Å². The molecule has 1 aromatic rings. The van der Waals surface area contributed by atoms with Crippen molar-refractivity contribution in [2.24, 2.45) is 0 Å². The van der Waals surface area contributed by atoms with Crippen LogP contribution in [-0.2, 0) is 19.6 Å². The Morgan fingerprint density at radius 2 is 1.95 bits per heavy atom. The first kappa shape index (κ1) is 17.5. The fraction of sp³-hybridized carbons (Fsp3) is 0.462. The third-order valence-electron chi connectivity index (χ3n) is 3.18. The predicted octanol–water partition coefficient (Wildman–Crippen LogP) is 1.98. The lowest BCUT2D eigenvalue weighted by Crippen LogP contribution is -2.42. The minimum atomic E-state index is -3.46. The molecule has 1 fully saturated rings. The fourth-order valence-electron chi connectivity index (χ4n) is 1.99. The minimum absolute atomic E-state index is 0.150. The summed E-state index contributed by atoms with van der Waals surface area (Å²) in [6.07, 6.45) is -0.150. The Morgan fingerprint density at radius 1 is 1.27 bits per heavy atom. The number of benzene rings is 1. The molecule has 1 saturated heterocycles. The predicted molar refractivity (Wildman–Crippen MR) is 85.9 cm³/mol. The quantitative estimate of drug-likeness (QED) is 0.864. The molecule has 9 heteroatoms. The van der Waals surface area contributed by atoms with Crippen molar-refractivity contribution in [2.75, 3.05) is 37.4 Å². The number of nitrogens with one attached hydrogen (secondary N) is 1. The van der Waals surface area contributed by atoms with Gasteiger partial charge in [-0.15, -0.1) is 0 Å². The number of carbonyl (C=O) groups is 1. The highest BCUT2D eigenvalue weighted by Gasteiger charge is 2.25. The van der Waals surface area contributed by atoms with Crippen molar-refractivity contribution in [3.63, 3.8) is 0 Å². The Morgan fingerprint density at radius 3 is 2.64 bits per heavy atom. The molecule has 1 aliphatic heterocycles. The molecular formula is C13H16Cl2N2O4S. The molecule has 0 bridgehead atoms. The molecule has 2 rings (SSSR count). The van der Waals surface area contributed by atoms with Crippen molar-refractivity contribution in [2.45, 2.75) is 6.42 Å². The molecule has 1 heterocycles. The van der Waals surface area contributed by atoms with E-state index in [1.54, 1.807) is 18.2 Å². The number of hydrogen-bond donors (Lipinski definition) is 1. The van der Waals surface area contributed by atoms with Crippen LogP contribution in [0.1, 0.15) is 6.42 Å². The van der Waals surface area contributed by atoms with E-state index in [0.717, 1.165) is 0 Å². The van der Waals surface area contributed by atoms with Gasteiger partial charge in [-0.3, -0.25) is 4.79 Å². The topological polar surface area (TPSA) is 75.7 Å². The molecule has 122 valence electrons.